The average molecular weight is 533 g/mol. The SMILES string of the molecule is Cc1ccc(S(=O)(=O)N(CC(=O)Nc2ccc(OC(F)(F)F)cc2)c2ccc(Cl)c(Cl)c2)cc1. The van der Waals surface area contributed by atoms with E-state index in [1.807, 2.05) is 0 Å². The first-order valence-corrected chi connectivity index (χ1v) is 11.7. The Morgan fingerprint density at radius 2 is 1.59 bits per heavy atom. The minimum absolute atomic E-state index is 0.0503. The molecule has 3 aromatic carbocycles. The number of benzene rings is 3. The second kappa shape index (κ2) is 10.1. The Morgan fingerprint density at radius 1 is 0.971 bits per heavy atom. The summed E-state index contributed by atoms with van der Waals surface area (Å²) in [5.41, 5.74) is 1.08. The van der Waals surface area contributed by atoms with E-state index in [4.69, 9.17) is 23.2 Å². The van der Waals surface area contributed by atoms with E-state index < -0.39 is 34.6 Å². The molecule has 0 aliphatic heterocycles. The molecule has 0 spiro atoms. The third-order valence-electron chi connectivity index (χ3n) is 4.46. The molecule has 0 saturated carbocycles. The number of halogens is 5. The second-order valence-corrected chi connectivity index (χ2v) is 9.72. The fraction of sp³-hybridized carbons (Fsp3) is 0.136. The molecular formula is C22H17Cl2F3N2O4S. The van der Waals surface area contributed by atoms with Crippen LogP contribution < -0.4 is 14.4 Å². The van der Waals surface area contributed by atoms with Crippen molar-refractivity contribution in [2.24, 2.45) is 0 Å². The van der Waals surface area contributed by atoms with Gasteiger partial charge in [0.25, 0.3) is 10.0 Å². The predicted octanol–water partition coefficient (Wildman–Crippen LogP) is 6.03. The molecule has 0 aliphatic carbocycles. The van der Waals surface area contributed by atoms with Crippen LogP contribution in [0.5, 0.6) is 5.75 Å². The third-order valence-corrected chi connectivity index (χ3v) is 6.99. The zero-order valence-corrected chi connectivity index (χ0v) is 19.8. The fourth-order valence-electron chi connectivity index (χ4n) is 2.86. The monoisotopic (exact) mass is 532 g/mol. The van der Waals surface area contributed by atoms with Gasteiger partial charge in [0.1, 0.15) is 12.3 Å². The topological polar surface area (TPSA) is 75.7 Å². The number of anilines is 2. The van der Waals surface area contributed by atoms with Crippen molar-refractivity contribution in [1.29, 1.82) is 0 Å². The summed E-state index contributed by atoms with van der Waals surface area (Å²) in [5, 5.41) is 2.73. The van der Waals surface area contributed by atoms with Crippen LogP contribution in [-0.2, 0) is 14.8 Å². The van der Waals surface area contributed by atoms with E-state index in [9.17, 15) is 26.4 Å². The Kier molecular flexibility index (Phi) is 7.64. The first-order chi connectivity index (χ1) is 15.8. The van der Waals surface area contributed by atoms with E-state index in [1.165, 1.54) is 42.5 Å². The number of sulfonamides is 1. The standard InChI is InChI=1S/C22H17Cl2F3N2O4S/c1-14-2-9-18(10-3-14)34(31,32)29(16-6-11-19(23)20(24)12-16)13-21(30)28-15-4-7-17(8-5-15)33-22(25,26)27/h2-12H,13H2,1H3,(H,28,30). The van der Waals surface area contributed by atoms with Crippen LogP contribution >= 0.6 is 23.2 Å². The third kappa shape index (κ3) is 6.55. The fourth-order valence-corrected chi connectivity index (χ4v) is 4.57. The summed E-state index contributed by atoms with van der Waals surface area (Å²) in [6, 6.07) is 14.6. The first-order valence-electron chi connectivity index (χ1n) is 9.55. The van der Waals surface area contributed by atoms with Crippen LogP contribution in [0.4, 0.5) is 24.5 Å². The number of hydrogen-bond donors (Lipinski definition) is 1. The van der Waals surface area contributed by atoms with Gasteiger partial charge in [-0.3, -0.25) is 9.10 Å². The lowest BCUT2D eigenvalue weighted by Gasteiger charge is -2.24. The van der Waals surface area contributed by atoms with Gasteiger partial charge in [-0.1, -0.05) is 40.9 Å². The molecule has 0 heterocycles. The summed E-state index contributed by atoms with van der Waals surface area (Å²) in [7, 11) is -4.19. The number of rotatable bonds is 7. The van der Waals surface area contributed by atoms with Crippen LogP contribution in [0.3, 0.4) is 0 Å². The van der Waals surface area contributed by atoms with Gasteiger partial charge in [0.05, 0.1) is 20.6 Å². The molecule has 3 rings (SSSR count). The van der Waals surface area contributed by atoms with Gasteiger partial charge >= 0.3 is 6.36 Å². The van der Waals surface area contributed by atoms with Crippen LogP contribution in [0.25, 0.3) is 0 Å². The lowest BCUT2D eigenvalue weighted by molar-refractivity contribution is -0.274. The molecule has 0 atom stereocenters. The molecule has 1 N–H and O–H groups in total. The number of alkyl halides is 3. The Bertz CT molecular complexity index is 1280. The number of carbonyl (C=O) groups excluding carboxylic acids is 1. The van der Waals surface area contributed by atoms with Crippen molar-refractivity contribution < 1.29 is 31.1 Å². The van der Waals surface area contributed by atoms with E-state index in [-0.39, 0.29) is 26.3 Å². The highest BCUT2D eigenvalue weighted by molar-refractivity contribution is 7.92. The molecule has 0 saturated heterocycles. The largest absolute Gasteiger partial charge is 0.573 e. The van der Waals surface area contributed by atoms with Gasteiger partial charge in [0.15, 0.2) is 0 Å². The van der Waals surface area contributed by atoms with E-state index in [1.54, 1.807) is 19.1 Å². The van der Waals surface area contributed by atoms with E-state index in [0.717, 1.165) is 22.0 Å². The number of hydrogen-bond acceptors (Lipinski definition) is 4. The van der Waals surface area contributed by atoms with Gasteiger partial charge in [-0.25, -0.2) is 8.42 Å². The van der Waals surface area contributed by atoms with Gasteiger partial charge < -0.3 is 10.1 Å². The Labute approximate surface area is 203 Å². The second-order valence-electron chi connectivity index (χ2n) is 7.04. The normalized spacial score (nSPS) is 11.7. The van der Waals surface area contributed by atoms with Crippen molar-refractivity contribution in [3.63, 3.8) is 0 Å². The maximum atomic E-state index is 13.4. The summed E-state index contributed by atoms with van der Waals surface area (Å²) in [4.78, 5) is 12.7. The van der Waals surface area contributed by atoms with E-state index >= 15 is 0 Å². The lowest BCUT2D eigenvalue weighted by Crippen LogP contribution is -2.38. The van der Waals surface area contributed by atoms with Crippen molar-refractivity contribution in [3.05, 3.63) is 82.3 Å². The predicted molar refractivity (Wildman–Crippen MR) is 124 cm³/mol. The maximum Gasteiger partial charge on any atom is 0.573 e. The summed E-state index contributed by atoms with van der Waals surface area (Å²) in [6.07, 6.45) is -4.85. The number of carbonyl (C=O) groups is 1. The smallest absolute Gasteiger partial charge is 0.406 e. The highest BCUT2D eigenvalue weighted by atomic mass is 35.5. The van der Waals surface area contributed by atoms with Gasteiger partial charge in [-0.15, -0.1) is 13.2 Å². The van der Waals surface area contributed by atoms with Crippen molar-refractivity contribution >= 4 is 50.5 Å². The zero-order valence-electron chi connectivity index (χ0n) is 17.4. The first kappa shape index (κ1) is 25.7. The number of nitrogens with zero attached hydrogens (tertiary/aromatic N) is 1. The zero-order chi connectivity index (χ0) is 25.1. The van der Waals surface area contributed by atoms with Gasteiger partial charge in [-0.05, 0) is 61.5 Å². The highest BCUT2D eigenvalue weighted by Gasteiger charge is 2.31. The van der Waals surface area contributed by atoms with Crippen LogP contribution in [0, 0.1) is 6.92 Å². The highest BCUT2D eigenvalue weighted by Crippen LogP contribution is 2.31. The van der Waals surface area contributed by atoms with Gasteiger partial charge in [-0.2, -0.15) is 0 Å². The quantitative estimate of drug-likeness (QED) is 0.402. The van der Waals surface area contributed by atoms with Crippen LogP contribution in [-0.4, -0.2) is 27.2 Å². The molecule has 12 heteroatoms. The van der Waals surface area contributed by atoms with Crippen molar-refractivity contribution in [3.8, 4) is 5.75 Å². The Balaban J connectivity index is 1.87. The summed E-state index contributed by atoms with van der Waals surface area (Å²) >= 11 is 12.0. The molecular weight excluding hydrogens is 516 g/mol. The van der Waals surface area contributed by atoms with Crippen molar-refractivity contribution in [2.75, 3.05) is 16.2 Å². The van der Waals surface area contributed by atoms with E-state index in [2.05, 4.69) is 10.1 Å². The summed E-state index contributed by atoms with van der Waals surface area (Å²) in [5.74, 6) is -1.21. The van der Waals surface area contributed by atoms with Crippen LogP contribution in [0.15, 0.2) is 71.6 Å². The van der Waals surface area contributed by atoms with Crippen molar-refractivity contribution in [2.45, 2.75) is 18.2 Å². The van der Waals surface area contributed by atoms with Gasteiger partial charge in [0, 0.05) is 5.69 Å². The molecule has 0 aromatic heterocycles. The molecule has 6 nitrogen and oxygen atoms in total. The molecule has 1 amide bonds. The summed E-state index contributed by atoms with van der Waals surface area (Å²) in [6.45, 7) is 1.15. The van der Waals surface area contributed by atoms with Crippen LogP contribution in [0.2, 0.25) is 10.0 Å². The van der Waals surface area contributed by atoms with Crippen LogP contribution in [0.1, 0.15) is 5.56 Å². The molecule has 34 heavy (non-hydrogen) atoms. The minimum atomic E-state index is -4.85. The molecule has 0 fully saturated rings. The molecule has 3 aromatic rings. The molecule has 0 unspecified atom stereocenters. The molecule has 0 bridgehead atoms. The molecule has 180 valence electrons. The summed E-state index contributed by atoms with van der Waals surface area (Å²) < 4.78 is 68.3. The average Bonchev–Trinajstić information content (AvgIpc) is 2.75. The molecule has 0 aliphatic rings. The maximum absolute atomic E-state index is 13.4. The number of aryl methyl sites for hydroxylation is 1. The number of amides is 1. The minimum Gasteiger partial charge on any atom is -0.406 e. The Hall–Kier alpha value is -2.95. The number of nitrogens with one attached hydrogen (secondary N) is 1. The number of ether oxygens (including phenoxy) is 1. The van der Waals surface area contributed by atoms with E-state index in [0.29, 0.717) is 0 Å². The Morgan fingerprint density at radius 3 is 2.15 bits per heavy atom. The van der Waals surface area contributed by atoms with Gasteiger partial charge in [0.2, 0.25) is 5.91 Å². The lowest BCUT2D eigenvalue weighted by atomic mass is 10.2. The molecule has 0 radical (unpaired) electrons. The van der Waals surface area contributed by atoms with Crippen molar-refractivity contribution in [1.82, 2.24) is 0 Å².